The minimum absolute atomic E-state index is 0.274. The molecule has 0 unspecified atom stereocenters. The van der Waals surface area contributed by atoms with Gasteiger partial charge in [0, 0.05) is 5.39 Å². The van der Waals surface area contributed by atoms with E-state index in [9.17, 15) is 4.79 Å². The van der Waals surface area contributed by atoms with Crippen LogP contribution in [0, 0.1) is 6.92 Å². The van der Waals surface area contributed by atoms with Crippen molar-refractivity contribution in [2.24, 2.45) is 5.10 Å². The van der Waals surface area contributed by atoms with Gasteiger partial charge in [-0.2, -0.15) is 9.78 Å². The van der Waals surface area contributed by atoms with Gasteiger partial charge in [-0.15, -0.1) is 0 Å². The molecule has 0 radical (unpaired) electrons. The van der Waals surface area contributed by atoms with Crippen molar-refractivity contribution in [1.82, 2.24) is 9.66 Å². The molecule has 0 fully saturated rings. The monoisotopic (exact) mass is 485 g/mol. The van der Waals surface area contributed by atoms with Crippen molar-refractivity contribution in [3.05, 3.63) is 130 Å². The third kappa shape index (κ3) is 4.65. The second-order valence-electron chi connectivity index (χ2n) is 8.81. The molecule has 4 aromatic carbocycles. The summed E-state index contributed by atoms with van der Waals surface area (Å²) in [5.41, 5.74) is 4.12. The maximum Gasteiger partial charge on any atom is 0.282 e. The lowest BCUT2D eigenvalue weighted by Gasteiger charge is -2.08. The Bertz CT molecular complexity index is 1780. The zero-order valence-electron chi connectivity index (χ0n) is 20.2. The maximum absolute atomic E-state index is 13.5. The largest absolute Gasteiger partial charge is 0.489 e. The summed E-state index contributed by atoms with van der Waals surface area (Å²) >= 11 is 0. The van der Waals surface area contributed by atoms with E-state index in [-0.39, 0.29) is 5.56 Å². The van der Waals surface area contributed by atoms with E-state index >= 15 is 0 Å². The van der Waals surface area contributed by atoms with E-state index in [1.807, 2.05) is 72.8 Å². The molecule has 0 saturated carbocycles. The summed E-state index contributed by atoms with van der Waals surface area (Å²) in [5.74, 6) is 1.52. The maximum atomic E-state index is 13.5. The third-order valence-electron chi connectivity index (χ3n) is 6.11. The lowest BCUT2D eigenvalue weighted by atomic mass is 10.2. The summed E-state index contributed by atoms with van der Waals surface area (Å²) in [6.45, 7) is 2.52. The zero-order valence-corrected chi connectivity index (χ0v) is 20.2. The number of aromatic nitrogens is 2. The van der Waals surface area contributed by atoms with Crippen molar-refractivity contribution in [1.29, 1.82) is 0 Å². The molecule has 6 heteroatoms. The normalized spacial score (nSPS) is 11.5. The topological polar surface area (TPSA) is 69.6 Å². The molecule has 0 aliphatic carbocycles. The van der Waals surface area contributed by atoms with Crippen molar-refractivity contribution in [2.75, 3.05) is 0 Å². The van der Waals surface area contributed by atoms with Gasteiger partial charge in [-0.25, -0.2) is 4.98 Å². The number of hydrogen-bond acceptors (Lipinski definition) is 5. The number of para-hydroxylation sites is 2. The first kappa shape index (κ1) is 22.5. The van der Waals surface area contributed by atoms with Gasteiger partial charge in [-0.3, -0.25) is 4.79 Å². The Labute approximate surface area is 213 Å². The van der Waals surface area contributed by atoms with Crippen molar-refractivity contribution < 1.29 is 9.15 Å². The summed E-state index contributed by atoms with van der Waals surface area (Å²) in [6.07, 6.45) is 1.63. The average Bonchev–Trinajstić information content (AvgIpc) is 3.37. The standard InChI is InChI=1S/C31H23N3O3/c1-21-13-15-22(16-14-21)20-36-25-9-6-7-23(17-25)19-32-34-30(29-18-24-8-2-5-12-28(24)37-29)33-27-11-4-3-10-26(27)31(34)35/h2-19H,20H2,1H3. The Morgan fingerprint density at radius 3 is 2.59 bits per heavy atom. The highest BCUT2D eigenvalue weighted by Crippen LogP contribution is 2.27. The van der Waals surface area contributed by atoms with Crippen LogP contribution < -0.4 is 10.3 Å². The van der Waals surface area contributed by atoms with Crippen LogP contribution in [0.5, 0.6) is 5.75 Å². The molecule has 0 bridgehead atoms. The van der Waals surface area contributed by atoms with Crippen LogP contribution in [0.2, 0.25) is 0 Å². The van der Waals surface area contributed by atoms with Crippen LogP contribution in [-0.4, -0.2) is 15.9 Å². The van der Waals surface area contributed by atoms with E-state index < -0.39 is 0 Å². The minimum atomic E-state index is -0.274. The average molecular weight is 486 g/mol. The first-order valence-electron chi connectivity index (χ1n) is 12.0. The fourth-order valence-corrected chi connectivity index (χ4v) is 4.14. The van der Waals surface area contributed by atoms with Crippen LogP contribution in [-0.2, 0) is 6.61 Å². The second-order valence-corrected chi connectivity index (χ2v) is 8.81. The molecule has 2 aromatic heterocycles. The zero-order chi connectivity index (χ0) is 25.2. The van der Waals surface area contributed by atoms with E-state index in [0.29, 0.717) is 40.4 Å². The van der Waals surface area contributed by atoms with Crippen LogP contribution in [0.3, 0.4) is 0 Å². The molecule has 2 heterocycles. The number of nitrogens with zero attached hydrogens (tertiary/aromatic N) is 3. The first-order chi connectivity index (χ1) is 18.1. The van der Waals surface area contributed by atoms with Gasteiger partial charge in [0.25, 0.3) is 5.56 Å². The van der Waals surface area contributed by atoms with Crippen molar-refractivity contribution in [3.8, 4) is 17.3 Å². The van der Waals surface area contributed by atoms with E-state index in [4.69, 9.17) is 14.1 Å². The number of ether oxygens (including phenoxy) is 1. The molecule has 37 heavy (non-hydrogen) atoms. The van der Waals surface area contributed by atoms with Gasteiger partial charge >= 0.3 is 0 Å². The molecule has 6 nitrogen and oxygen atoms in total. The highest BCUT2D eigenvalue weighted by molar-refractivity contribution is 5.84. The van der Waals surface area contributed by atoms with Crippen LogP contribution >= 0.6 is 0 Å². The smallest absolute Gasteiger partial charge is 0.282 e. The molecule has 180 valence electrons. The van der Waals surface area contributed by atoms with Crippen molar-refractivity contribution in [2.45, 2.75) is 13.5 Å². The van der Waals surface area contributed by atoms with Gasteiger partial charge in [-0.05, 0) is 54.4 Å². The molecular weight excluding hydrogens is 462 g/mol. The Morgan fingerprint density at radius 2 is 1.73 bits per heavy atom. The van der Waals surface area contributed by atoms with Gasteiger partial charge < -0.3 is 9.15 Å². The lowest BCUT2D eigenvalue weighted by molar-refractivity contribution is 0.306. The Kier molecular flexibility index (Phi) is 5.83. The summed E-state index contributed by atoms with van der Waals surface area (Å²) < 4.78 is 13.3. The molecular formula is C31H23N3O3. The number of hydrogen-bond donors (Lipinski definition) is 0. The quantitative estimate of drug-likeness (QED) is 0.250. The predicted octanol–water partition coefficient (Wildman–Crippen LogP) is 6.58. The van der Waals surface area contributed by atoms with Gasteiger partial charge in [0.2, 0.25) is 5.82 Å². The Morgan fingerprint density at radius 1 is 0.919 bits per heavy atom. The van der Waals surface area contributed by atoms with Gasteiger partial charge in [-0.1, -0.05) is 72.3 Å². The van der Waals surface area contributed by atoms with E-state index in [1.54, 1.807) is 12.3 Å². The van der Waals surface area contributed by atoms with Gasteiger partial charge in [0.1, 0.15) is 17.9 Å². The summed E-state index contributed by atoms with van der Waals surface area (Å²) in [6, 6.07) is 32.6. The fraction of sp³-hybridized carbons (Fsp3) is 0.0645. The molecule has 0 N–H and O–H groups in total. The highest BCUT2D eigenvalue weighted by Gasteiger charge is 2.16. The highest BCUT2D eigenvalue weighted by atomic mass is 16.5. The molecule has 0 aliphatic heterocycles. The predicted molar refractivity (Wildman–Crippen MR) is 146 cm³/mol. The van der Waals surface area contributed by atoms with Crippen LogP contribution in [0.1, 0.15) is 16.7 Å². The number of rotatable bonds is 6. The van der Waals surface area contributed by atoms with Crippen LogP contribution in [0.25, 0.3) is 33.5 Å². The lowest BCUT2D eigenvalue weighted by Crippen LogP contribution is -2.20. The second kappa shape index (κ2) is 9.59. The van der Waals surface area contributed by atoms with E-state index in [0.717, 1.165) is 16.5 Å². The Balaban J connectivity index is 1.36. The minimum Gasteiger partial charge on any atom is -0.489 e. The van der Waals surface area contributed by atoms with Crippen LogP contribution in [0.4, 0.5) is 0 Å². The first-order valence-corrected chi connectivity index (χ1v) is 12.0. The molecule has 0 amide bonds. The number of aryl methyl sites for hydroxylation is 1. The van der Waals surface area contributed by atoms with Gasteiger partial charge in [0.05, 0.1) is 17.1 Å². The number of benzene rings is 4. The molecule has 0 atom stereocenters. The summed E-state index contributed by atoms with van der Waals surface area (Å²) in [7, 11) is 0. The molecule has 0 saturated heterocycles. The van der Waals surface area contributed by atoms with E-state index in [1.165, 1.54) is 10.2 Å². The molecule has 6 rings (SSSR count). The fourth-order valence-electron chi connectivity index (χ4n) is 4.14. The molecule has 6 aromatic rings. The number of furan rings is 1. The Hall–Kier alpha value is -4.97. The van der Waals surface area contributed by atoms with Gasteiger partial charge in [0.15, 0.2) is 5.76 Å². The number of fused-ring (bicyclic) bond motifs is 2. The molecule has 0 aliphatic rings. The molecule has 0 spiro atoms. The summed E-state index contributed by atoms with van der Waals surface area (Å²) in [5, 5.41) is 5.95. The van der Waals surface area contributed by atoms with Crippen LogP contribution in [0.15, 0.2) is 117 Å². The summed E-state index contributed by atoms with van der Waals surface area (Å²) in [4.78, 5) is 18.2. The van der Waals surface area contributed by atoms with Crippen molar-refractivity contribution in [3.63, 3.8) is 0 Å². The van der Waals surface area contributed by atoms with Crippen molar-refractivity contribution >= 4 is 28.1 Å². The third-order valence-corrected chi connectivity index (χ3v) is 6.11. The van der Waals surface area contributed by atoms with E-state index in [2.05, 4.69) is 36.3 Å². The SMILES string of the molecule is Cc1ccc(COc2cccc(C=Nn3c(-c4cc5ccccc5o4)nc4ccccc4c3=O)c2)cc1.